The van der Waals surface area contributed by atoms with Crippen LogP contribution in [0.3, 0.4) is 0 Å². The van der Waals surface area contributed by atoms with Crippen molar-refractivity contribution in [3.63, 3.8) is 0 Å². The number of carbonyl (C=O) groups is 2. The quantitative estimate of drug-likeness (QED) is 0.662. The first-order valence-electron chi connectivity index (χ1n) is 8.45. The number of carboxylic acids is 1. The first-order valence-corrected chi connectivity index (χ1v) is 8.45. The summed E-state index contributed by atoms with van der Waals surface area (Å²) in [7, 11) is 0. The number of nitrogens with zero attached hydrogens (tertiary/aromatic N) is 2. The third-order valence-electron chi connectivity index (χ3n) is 3.99. The van der Waals surface area contributed by atoms with Gasteiger partial charge in [-0.15, -0.1) is 0 Å². The SMILES string of the molecule is CC(C)(CCC(=O)O)NC(=O)Nc1ccnn1Cc1ccc(C(F)(F)F)cc1. The van der Waals surface area contributed by atoms with E-state index in [-0.39, 0.29) is 19.4 Å². The normalized spacial score (nSPS) is 11.9. The predicted octanol–water partition coefficient (Wildman–Crippen LogP) is 3.72. The minimum Gasteiger partial charge on any atom is -0.481 e. The van der Waals surface area contributed by atoms with E-state index < -0.39 is 29.3 Å². The summed E-state index contributed by atoms with van der Waals surface area (Å²) in [5, 5.41) is 18.1. The lowest BCUT2D eigenvalue weighted by atomic mass is 9.99. The van der Waals surface area contributed by atoms with Gasteiger partial charge in [-0.2, -0.15) is 18.3 Å². The van der Waals surface area contributed by atoms with Gasteiger partial charge in [-0.3, -0.25) is 10.1 Å². The molecule has 0 aliphatic rings. The van der Waals surface area contributed by atoms with Crippen LogP contribution >= 0.6 is 0 Å². The van der Waals surface area contributed by atoms with Crippen molar-refractivity contribution in [3.8, 4) is 0 Å². The Morgan fingerprint density at radius 2 is 1.79 bits per heavy atom. The van der Waals surface area contributed by atoms with Crippen LogP contribution in [0.1, 0.15) is 37.8 Å². The van der Waals surface area contributed by atoms with Crippen molar-refractivity contribution in [2.45, 2.75) is 44.9 Å². The highest BCUT2D eigenvalue weighted by Crippen LogP contribution is 2.29. The standard InChI is InChI=1S/C18H21F3N4O3/c1-17(2,9-7-15(26)27)24-16(28)23-14-8-10-22-25(14)11-12-3-5-13(6-4-12)18(19,20)21/h3-6,8,10H,7,9,11H2,1-2H3,(H,26,27)(H2,23,24,28). The number of alkyl halides is 3. The first-order chi connectivity index (χ1) is 13.0. The monoisotopic (exact) mass is 398 g/mol. The van der Waals surface area contributed by atoms with E-state index in [1.54, 1.807) is 19.9 Å². The highest BCUT2D eigenvalue weighted by molar-refractivity contribution is 5.88. The highest BCUT2D eigenvalue weighted by atomic mass is 19.4. The van der Waals surface area contributed by atoms with Gasteiger partial charge in [-0.05, 0) is 38.0 Å². The molecule has 0 radical (unpaired) electrons. The number of anilines is 1. The molecule has 2 amide bonds. The molecule has 10 heteroatoms. The third kappa shape index (κ3) is 6.29. The highest BCUT2D eigenvalue weighted by Gasteiger charge is 2.30. The summed E-state index contributed by atoms with van der Waals surface area (Å²) in [5.41, 5.74) is -0.888. The summed E-state index contributed by atoms with van der Waals surface area (Å²) in [6.07, 6.45) is -2.78. The number of carboxylic acid groups (broad SMARTS) is 1. The predicted molar refractivity (Wildman–Crippen MR) is 95.9 cm³/mol. The van der Waals surface area contributed by atoms with Crippen LogP contribution in [0, 0.1) is 0 Å². The average Bonchev–Trinajstić information content (AvgIpc) is 2.99. The maximum atomic E-state index is 12.6. The number of urea groups is 1. The maximum absolute atomic E-state index is 12.6. The number of hydrogen-bond acceptors (Lipinski definition) is 3. The maximum Gasteiger partial charge on any atom is 0.416 e. The average molecular weight is 398 g/mol. The molecule has 1 heterocycles. The van der Waals surface area contributed by atoms with E-state index in [0.717, 1.165) is 12.1 Å². The van der Waals surface area contributed by atoms with Crippen LogP contribution in [0.5, 0.6) is 0 Å². The number of aliphatic carboxylic acids is 1. The molecule has 7 nitrogen and oxygen atoms in total. The number of benzene rings is 1. The number of carbonyl (C=O) groups excluding carboxylic acids is 1. The Morgan fingerprint density at radius 3 is 2.36 bits per heavy atom. The molecule has 2 aromatic rings. The second-order valence-corrected chi connectivity index (χ2v) is 6.93. The second kappa shape index (κ2) is 8.32. The van der Waals surface area contributed by atoms with Gasteiger partial charge in [0.25, 0.3) is 0 Å². The van der Waals surface area contributed by atoms with Crippen molar-refractivity contribution in [2.24, 2.45) is 0 Å². The number of amides is 2. The largest absolute Gasteiger partial charge is 0.481 e. The van der Waals surface area contributed by atoms with Gasteiger partial charge in [0.05, 0.1) is 18.3 Å². The minimum absolute atomic E-state index is 0.0842. The molecular weight excluding hydrogens is 377 g/mol. The van der Waals surface area contributed by atoms with Crippen LogP contribution in [-0.2, 0) is 17.5 Å². The summed E-state index contributed by atoms with van der Waals surface area (Å²) in [6.45, 7) is 3.58. The zero-order valence-corrected chi connectivity index (χ0v) is 15.4. The molecular formula is C18H21F3N4O3. The molecule has 152 valence electrons. The van der Waals surface area contributed by atoms with Crippen molar-refractivity contribution in [1.29, 1.82) is 0 Å². The molecule has 0 saturated carbocycles. The number of aromatic nitrogens is 2. The third-order valence-corrected chi connectivity index (χ3v) is 3.99. The Labute approximate surface area is 159 Å². The molecule has 2 rings (SSSR count). The first kappa shape index (κ1) is 21.3. The van der Waals surface area contributed by atoms with Crippen LogP contribution in [0.15, 0.2) is 36.5 Å². The fraction of sp³-hybridized carbons (Fsp3) is 0.389. The number of rotatable bonds is 7. The second-order valence-electron chi connectivity index (χ2n) is 6.93. The van der Waals surface area contributed by atoms with Gasteiger partial charge in [0.1, 0.15) is 5.82 Å². The van der Waals surface area contributed by atoms with Crippen LogP contribution in [-0.4, -0.2) is 32.4 Å². The van der Waals surface area contributed by atoms with E-state index in [2.05, 4.69) is 15.7 Å². The van der Waals surface area contributed by atoms with E-state index >= 15 is 0 Å². The van der Waals surface area contributed by atoms with Gasteiger partial charge >= 0.3 is 18.2 Å². The fourth-order valence-electron chi connectivity index (χ4n) is 2.47. The van der Waals surface area contributed by atoms with Crippen LogP contribution < -0.4 is 10.6 Å². The molecule has 0 fully saturated rings. The molecule has 0 spiro atoms. The molecule has 0 saturated heterocycles. The summed E-state index contributed by atoms with van der Waals surface area (Å²) in [4.78, 5) is 22.9. The summed E-state index contributed by atoms with van der Waals surface area (Å²) in [6, 6.07) is 5.69. The van der Waals surface area contributed by atoms with Gasteiger partial charge in [0.2, 0.25) is 0 Å². The molecule has 0 unspecified atom stereocenters. The van der Waals surface area contributed by atoms with E-state index in [1.807, 2.05) is 0 Å². The van der Waals surface area contributed by atoms with Crippen LogP contribution in [0.25, 0.3) is 0 Å². The van der Waals surface area contributed by atoms with E-state index in [1.165, 1.54) is 23.0 Å². The molecule has 28 heavy (non-hydrogen) atoms. The zero-order chi connectivity index (χ0) is 20.9. The van der Waals surface area contributed by atoms with Gasteiger partial charge in [0, 0.05) is 18.0 Å². The van der Waals surface area contributed by atoms with E-state index in [4.69, 9.17) is 5.11 Å². The van der Waals surface area contributed by atoms with Gasteiger partial charge in [-0.25, -0.2) is 9.48 Å². The molecule has 0 bridgehead atoms. The summed E-state index contributed by atoms with van der Waals surface area (Å²) in [5.74, 6) is -0.601. The van der Waals surface area contributed by atoms with Crippen molar-refractivity contribution in [3.05, 3.63) is 47.7 Å². The Balaban J connectivity index is 1.99. The van der Waals surface area contributed by atoms with Gasteiger partial charge < -0.3 is 10.4 Å². The zero-order valence-electron chi connectivity index (χ0n) is 15.4. The Bertz CT molecular complexity index is 829. The van der Waals surface area contributed by atoms with E-state index in [9.17, 15) is 22.8 Å². The Kier molecular flexibility index (Phi) is 6.32. The van der Waals surface area contributed by atoms with Crippen molar-refractivity contribution < 1.29 is 27.9 Å². The number of halogens is 3. The minimum atomic E-state index is -4.40. The van der Waals surface area contributed by atoms with Crippen LogP contribution in [0.2, 0.25) is 0 Å². The topological polar surface area (TPSA) is 96.2 Å². The van der Waals surface area contributed by atoms with Crippen molar-refractivity contribution >= 4 is 17.8 Å². The molecule has 0 atom stereocenters. The molecule has 3 N–H and O–H groups in total. The smallest absolute Gasteiger partial charge is 0.416 e. The van der Waals surface area contributed by atoms with E-state index in [0.29, 0.717) is 11.4 Å². The molecule has 1 aromatic carbocycles. The van der Waals surface area contributed by atoms with Crippen molar-refractivity contribution in [1.82, 2.24) is 15.1 Å². The van der Waals surface area contributed by atoms with Crippen LogP contribution in [0.4, 0.5) is 23.8 Å². The Morgan fingerprint density at radius 1 is 1.14 bits per heavy atom. The van der Waals surface area contributed by atoms with Crippen molar-refractivity contribution in [2.75, 3.05) is 5.32 Å². The molecule has 0 aliphatic carbocycles. The van der Waals surface area contributed by atoms with Gasteiger partial charge in [0.15, 0.2) is 0 Å². The Hall–Kier alpha value is -3.04. The number of nitrogens with one attached hydrogen (secondary N) is 2. The molecule has 1 aromatic heterocycles. The fourth-order valence-corrected chi connectivity index (χ4v) is 2.47. The molecule has 0 aliphatic heterocycles. The number of hydrogen-bond donors (Lipinski definition) is 3. The summed E-state index contributed by atoms with van der Waals surface area (Å²) >= 11 is 0. The van der Waals surface area contributed by atoms with Gasteiger partial charge in [-0.1, -0.05) is 12.1 Å². The summed E-state index contributed by atoms with van der Waals surface area (Å²) < 4.78 is 39.3. The lowest BCUT2D eigenvalue weighted by Crippen LogP contribution is -2.46. The lowest BCUT2D eigenvalue weighted by Gasteiger charge is -2.25. The lowest BCUT2D eigenvalue weighted by molar-refractivity contribution is -0.138.